The number of benzene rings is 2. The third kappa shape index (κ3) is 4.94. The SMILES string of the molecule is COc1ccc([C@H](CC(=O)N(C)Cc2cccnc2)c2ccccc2)cc1. The highest BCUT2D eigenvalue weighted by Gasteiger charge is 2.20. The van der Waals surface area contributed by atoms with Crippen LogP contribution in [0.3, 0.4) is 0 Å². The summed E-state index contributed by atoms with van der Waals surface area (Å²) in [6.07, 6.45) is 3.94. The normalized spacial score (nSPS) is 11.6. The Morgan fingerprint density at radius 2 is 1.70 bits per heavy atom. The molecule has 1 aromatic heterocycles. The van der Waals surface area contributed by atoms with E-state index in [9.17, 15) is 4.79 Å². The second-order valence-corrected chi connectivity index (χ2v) is 6.55. The molecule has 4 heteroatoms. The Labute approximate surface area is 160 Å². The summed E-state index contributed by atoms with van der Waals surface area (Å²) in [5.74, 6) is 0.912. The highest BCUT2D eigenvalue weighted by molar-refractivity contribution is 5.77. The second-order valence-electron chi connectivity index (χ2n) is 6.55. The van der Waals surface area contributed by atoms with Gasteiger partial charge in [0.05, 0.1) is 7.11 Å². The molecule has 0 saturated heterocycles. The van der Waals surface area contributed by atoms with Crippen LogP contribution in [-0.4, -0.2) is 29.9 Å². The van der Waals surface area contributed by atoms with Crippen LogP contribution in [0.1, 0.15) is 29.0 Å². The Morgan fingerprint density at radius 1 is 1.00 bits per heavy atom. The maximum atomic E-state index is 12.9. The molecule has 1 heterocycles. The van der Waals surface area contributed by atoms with Crippen molar-refractivity contribution in [2.75, 3.05) is 14.2 Å². The largest absolute Gasteiger partial charge is 0.497 e. The molecule has 3 aromatic rings. The van der Waals surface area contributed by atoms with Crippen LogP contribution in [0.2, 0.25) is 0 Å². The molecular formula is C23H24N2O2. The van der Waals surface area contributed by atoms with E-state index in [4.69, 9.17) is 4.74 Å². The van der Waals surface area contributed by atoms with Gasteiger partial charge < -0.3 is 9.64 Å². The molecule has 3 rings (SSSR count). The molecule has 27 heavy (non-hydrogen) atoms. The third-order valence-electron chi connectivity index (χ3n) is 4.67. The number of nitrogens with zero attached hydrogens (tertiary/aromatic N) is 2. The van der Waals surface area contributed by atoms with Crippen LogP contribution in [0.25, 0.3) is 0 Å². The zero-order valence-corrected chi connectivity index (χ0v) is 15.7. The van der Waals surface area contributed by atoms with Crippen molar-refractivity contribution >= 4 is 5.91 Å². The number of pyridine rings is 1. The highest BCUT2D eigenvalue weighted by Crippen LogP contribution is 2.30. The van der Waals surface area contributed by atoms with E-state index in [0.29, 0.717) is 13.0 Å². The van der Waals surface area contributed by atoms with Gasteiger partial charge in [0.25, 0.3) is 0 Å². The van der Waals surface area contributed by atoms with Gasteiger partial charge in [0.15, 0.2) is 0 Å². The first kappa shape index (κ1) is 18.6. The number of carbonyl (C=O) groups excluding carboxylic acids is 1. The highest BCUT2D eigenvalue weighted by atomic mass is 16.5. The smallest absolute Gasteiger partial charge is 0.223 e. The predicted octanol–water partition coefficient (Wildman–Crippen LogP) is 4.27. The first-order chi connectivity index (χ1) is 13.2. The summed E-state index contributed by atoms with van der Waals surface area (Å²) in [5.41, 5.74) is 3.25. The molecule has 0 N–H and O–H groups in total. The standard InChI is InChI=1S/C23H24N2O2/c1-25(17-18-7-6-14-24-16-18)23(26)15-22(19-8-4-3-5-9-19)20-10-12-21(27-2)13-11-20/h3-14,16,22H,15,17H2,1-2H3/t22-/m1/s1. The summed E-state index contributed by atoms with van der Waals surface area (Å²) in [4.78, 5) is 18.8. The van der Waals surface area contributed by atoms with Crippen LogP contribution in [0.15, 0.2) is 79.1 Å². The van der Waals surface area contributed by atoms with E-state index in [2.05, 4.69) is 17.1 Å². The van der Waals surface area contributed by atoms with Gasteiger partial charge in [0, 0.05) is 38.3 Å². The first-order valence-electron chi connectivity index (χ1n) is 8.99. The zero-order chi connectivity index (χ0) is 19.1. The fourth-order valence-corrected chi connectivity index (χ4v) is 3.13. The van der Waals surface area contributed by atoms with E-state index in [-0.39, 0.29) is 11.8 Å². The van der Waals surface area contributed by atoms with Gasteiger partial charge in [-0.25, -0.2) is 0 Å². The number of aromatic nitrogens is 1. The number of hydrogen-bond donors (Lipinski definition) is 0. The number of hydrogen-bond acceptors (Lipinski definition) is 3. The first-order valence-corrected chi connectivity index (χ1v) is 8.99. The van der Waals surface area contributed by atoms with Gasteiger partial charge in [-0.15, -0.1) is 0 Å². The topological polar surface area (TPSA) is 42.4 Å². The molecule has 0 fully saturated rings. The fourth-order valence-electron chi connectivity index (χ4n) is 3.13. The molecule has 0 aliphatic heterocycles. The maximum absolute atomic E-state index is 12.9. The van der Waals surface area contributed by atoms with Crippen LogP contribution in [0.5, 0.6) is 5.75 Å². The molecule has 2 aromatic carbocycles. The van der Waals surface area contributed by atoms with Crippen molar-refractivity contribution in [2.45, 2.75) is 18.9 Å². The lowest BCUT2D eigenvalue weighted by atomic mass is 9.88. The van der Waals surface area contributed by atoms with Crippen LogP contribution in [0, 0.1) is 0 Å². The number of methoxy groups -OCH3 is 1. The summed E-state index contributed by atoms with van der Waals surface area (Å²) in [6.45, 7) is 0.552. The Bertz CT molecular complexity index is 849. The van der Waals surface area contributed by atoms with Gasteiger partial charge in [-0.2, -0.15) is 0 Å². The molecule has 0 spiro atoms. The maximum Gasteiger partial charge on any atom is 0.223 e. The van der Waals surface area contributed by atoms with E-state index < -0.39 is 0 Å². The third-order valence-corrected chi connectivity index (χ3v) is 4.67. The van der Waals surface area contributed by atoms with Gasteiger partial charge >= 0.3 is 0 Å². The van der Waals surface area contributed by atoms with Gasteiger partial charge in [-0.3, -0.25) is 9.78 Å². The minimum atomic E-state index is 0.000884. The second kappa shape index (κ2) is 8.99. The summed E-state index contributed by atoms with van der Waals surface area (Å²) in [5, 5.41) is 0. The van der Waals surface area contributed by atoms with Crippen molar-refractivity contribution < 1.29 is 9.53 Å². The quantitative estimate of drug-likeness (QED) is 0.632. The number of carbonyl (C=O) groups is 1. The van der Waals surface area contributed by atoms with E-state index >= 15 is 0 Å². The van der Waals surface area contributed by atoms with Gasteiger partial charge in [0.1, 0.15) is 5.75 Å². The average Bonchev–Trinajstić information content (AvgIpc) is 2.73. The van der Waals surface area contributed by atoms with Crippen molar-refractivity contribution in [3.8, 4) is 5.75 Å². The summed E-state index contributed by atoms with van der Waals surface area (Å²) < 4.78 is 5.26. The lowest BCUT2D eigenvalue weighted by molar-refractivity contribution is -0.130. The Morgan fingerprint density at radius 3 is 2.33 bits per heavy atom. The number of rotatable bonds is 7. The molecule has 1 amide bonds. The summed E-state index contributed by atoms with van der Waals surface area (Å²) in [7, 11) is 3.49. The van der Waals surface area contributed by atoms with Gasteiger partial charge in [-0.05, 0) is 34.9 Å². The van der Waals surface area contributed by atoms with E-state index in [0.717, 1.165) is 22.4 Å². The van der Waals surface area contributed by atoms with Crippen molar-refractivity contribution in [3.05, 3.63) is 95.8 Å². The molecule has 138 valence electrons. The fraction of sp³-hybridized carbons (Fsp3) is 0.217. The van der Waals surface area contributed by atoms with E-state index in [1.165, 1.54) is 0 Å². The van der Waals surface area contributed by atoms with Crippen molar-refractivity contribution in [1.29, 1.82) is 0 Å². The van der Waals surface area contributed by atoms with Gasteiger partial charge in [-0.1, -0.05) is 48.5 Å². The van der Waals surface area contributed by atoms with Gasteiger partial charge in [0.2, 0.25) is 5.91 Å². The molecule has 0 aliphatic rings. The summed E-state index contributed by atoms with van der Waals surface area (Å²) >= 11 is 0. The molecular weight excluding hydrogens is 336 g/mol. The molecule has 0 bridgehead atoms. The molecule has 0 radical (unpaired) electrons. The Balaban J connectivity index is 1.79. The minimum absolute atomic E-state index is 0.000884. The van der Waals surface area contributed by atoms with Crippen LogP contribution < -0.4 is 4.74 Å². The molecule has 1 atom stereocenters. The van der Waals surface area contributed by atoms with Crippen LogP contribution >= 0.6 is 0 Å². The van der Waals surface area contributed by atoms with E-state index in [1.807, 2.05) is 61.6 Å². The molecule has 4 nitrogen and oxygen atoms in total. The number of amides is 1. The van der Waals surface area contributed by atoms with Crippen LogP contribution in [-0.2, 0) is 11.3 Å². The van der Waals surface area contributed by atoms with Crippen molar-refractivity contribution in [2.24, 2.45) is 0 Å². The lowest BCUT2D eigenvalue weighted by Crippen LogP contribution is -2.28. The Hall–Kier alpha value is -3.14. The van der Waals surface area contributed by atoms with Crippen molar-refractivity contribution in [3.63, 3.8) is 0 Å². The zero-order valence-electron chi connectivity index (χ0n) is 15.7. The lowest BCUT2D eigenvalue weighted by Gasteiger charge is -2.22. The monoisotopic (exact) mass is 360 g/mol. The van der Waals surface area contributed by atoms with Crippen LogP contribution in [0.4, 0.5) is 0 Å². The Kier molecular flexibility index (Phi) is 6.21. The van der Waals surface area contributed by atoms with Crippen molar-refractivity contribution in [1.82, 2.24) is 9.88 Å². The average molecular weight is 360 g/mol. The predicted molar refractivity (Wildman–Crippen MR) is 107 cm³/mol. The molecule has 0 unspecified atom stereocenters. The minimum Gasteiger partial charge on any atom is -0.497 e. The molecule has 0 saturated carbocycles. The number of ether oxygens (including phenoxy) is 1. The summed E-state index contributed by atoms with van der Waals surface area (Å²) in [6, 6.07) is 22.0. The molecule has 0 aliphatic carbocycles. The van der Waals surface area contributed by atoms with E-state index in [1.54, 1.807) is 24.4 Å².